The van der Waals surface area contributed by atoms with Crippen LogP contribution in [0, 0.1) is 11.8 Å². The van der Waals surface area contributed by atoms with Gasteiger partial charge in [-0.05, 0) is 65.8 Å². The number of benzene rings is 3. The predicted octanol–water partition coefficient (Wildman–Crippen LogP) is 6.35. The molecule has 1 N–H and O–H groups in total. The lowest BCUT2D eigenvalue weighted by atomic mass is 9.54. The highest BCUT2D eigenvalue weighted by molar-refractivity contribution is 6.36. The summed E-state index contributed by atoms with van der Waals surface area (Å²) in [4.78, 5) is 51.1. The summed E-state index contributed by atoms with van der Waals surface area (Å²) in [6, 6.07) is 21.8. The maximum Gasteiger partial charge on any atom is 0.338 e. The second-order valence-electron chi connectivity index (χ2n) is 11.4. The van der Waals surface area contributed by atoms with Crippen molar-refractivity contribution in [1.82, 2.24) is 4.90 Å². The van der Waals surface area contributed by atoms with Gasteiger partial charge in [0.1, 0.15) is 9.75 Å². The van der Waals surface area contributed by atoms with Crippen LogP contribution in [0.1, 0.15) is 71.6 Å². The molecule has 222 valence electrons. The van der Waals surface area contributed by atoms with E-state index < -0.39 is 27.6 Å². The van der Waals surface area contributed by atoms with Crippen LogP contribution in [0.3, 0.4) is 0 Å². The molecule has 0 radical (unpaired) electrons. The first-order valence-electron chi connectivity index (χ1n) is 14.7. The second kappa shape index (κ2) is 11.4. The normalized spacial score (nSPS) is 24.8. The molecule has 0 aromatic heterocycles. The van der Waals surface area contributed by atoms with Crippen molar-refractivity contribution in [2.75, 3.05) is 18.5 Å². The van der Waals surface area contributed by atoms with Gasteiger partial charge in [0, 0.05) is 18.7 Å². The van der Waals surface area contributed by atoms with Crippen LogP contribution >= 0.6 is 23.2 Å². The molecule has 3 aliphatic carbocycles. The minimum atomic E-state index is -1.18. The van der Waals surface area contributed by atoms with Crippen molar-refractivity contribution in [2.24, 2.45) is 11.8 Å². The molecule has 3 aromatic rings. The lowest BCUT2D eigenvalue weighted by Crippen LogP contribution is -2.57. The summed E-state index contributed by atoms with van der Waals surface area (Å²) in [6.45, 7) is 2.53. The van der Waals surface area contributed by atoms with Crippen LogP contribution in [0.4, 0.5) is 5.69 Å². The third-order valence-corrected chi connectivity index (χ3v) is 10.1. The van der Waals surface area contributed by atoms with Crippen LogP contribution in [0.25, 0.3) is 0 Å². The number of esters is 1. The number of rotatable bonds is 10. The Bertz CT molecular complexity index is 1480. The van der Waals surface area contributed by atoms with Gasteiger partial charge in [-0.25, -0.2) is 4.79 Å². The lowest BCUT2D eigenvalue weighted by molar-refractivity contribution is -0.140. The summed E-state index contributed by atoms with van der Waals surface area (Å²) in [6.07, 6.45) is 2.83. The number of nitrogens with one attached hydrogen (secondary N) is 1. The minimum Gasteiger partial charge on any atom is -0.462 e. The van der Waals surface area contributed by atoms with Gasteiger partial charge in [-0.3, -0.25) is 19.3 Å². The van der Waals surface area contributed by atoms with Gasteiger partial charge in [-0.15, -0.1) is 23.2 Å². The number of hydrogen-bond acceptors (Lipinski definition) is 5. The quantitative estimate of drug-likeness (QED) is 0.124. The van der Waals surface area contributed by atoms with E-state index in [4.69, 9.17) is 27.9 Å². The third kappa shape index (κ3) is 4.64. The number of amides is 3. The monoisotopic (exact) mass is 618 g/mol. The van der Waals surface area contributed by atoms with Gasteiger partial charge in [-0.1, -0.05) is 61.9 Å². The van der Waals surface area contributed by atoms with E-state index >= 15 is 0 Å². The number of imide groups is 1. The van der Waals surface area contributed by atoms with Gasteiger partial charge < -0.3 is 10.1 Å². The number of likely N-dealkylation sites (tertiary alicyclic amines) is 1. The van der Waals surface area contributed by atoms with E-state index in [9.17, 15) is 19.2 Å². The topological polar surface area (TPSA) is 92.8 Å². The first-order chi connectivity index (χ1) is 20.7. The predicted molar refractivity (Wildman–Crippen MR) is 164 cm³/mol. The number of ether oxygens (including phenoxy) is 1. The largest absolute Gasteiger partial charge is 0.462 e. The van der Waals surface area contributed by atoms with Crippen LogP contribution in [0.15, 0.2) is 72.8 Å². The minimum absolute atomic E-state index is 0.152. The summed E-state index contributed by atoms with van der Waals surface area (Å²) in [5.74, 6) is -2.72. The standard InChI is InChI=1S/C34H32Cl2N2O5/c1-2-20-43-32(42)21-15-17-22(18-16-21)37-27(39)14-4-3-9-19-38-30(40)28-29(31(38)41)34(36)24-11-6-5-10-23(24)33(28,35)25-12-7-8-13-26(25)34/h5-8,10-13,15-18,28-29H,2-4,9,14,19-20H2,1H3,(H,37,39)/t28-,29-,33?,34?/m0/s1. The molecule has 3 amide bonds. The molecule has 7 rings (SSSR count). The number of hydrogen-bond donors (Lipinski definition) is 1. The van der Waals surface area contributed by atoms with Gasteiger partial charge in [0.05, 0.1) is 24.0 Å². The molecule has 1 aliphatic heterocycles. The SMILES string of the molecule is CCCOC(=O)c1ccc(NC(=O)CCCCCN2C(=O)[C@@H]3[C@@H](C2=O)C2(Cl)c4ccccc4C3(Cl)c3ccccc32)cc1. The molecule has 0 saturated carbocycles. The molecule has 4 aliphatic rings. The summed E-state index contributed by atoms with van der Waals surface area (Å²) >= 11 is 14.9. The van der Waals surface area contributed by atoms with Crippen molar-refractivity contribution in [1.29, 1.82) is 0 Å². The molecule has 1 heterocycles. The van der Waals surface area contributed by atoms with Crippen molar-refractivity contribution >= 4 is 52.6 Å². The van der Waals surface area contributed by atoms with Crippen molar-refractivity contribution in [3.8, 4) is 0 Å². The van der Waals surface area contributed by atoms with Crippen molar-refractivity contribution in [2.45, 2.75) is 48.8 Å². The van der Waals surface area contributed by atoms with Crippen LogP contribution in [-0.2, 0) is 28.9 Å². The Kier molecular flexibility index (Phi) is 7.82. The molecule has 7 nitrogen and oxygen atoms in total. The maximum absolute atomic E-state index is 13.9. The number of unbranched alkanes of at least 4 members (excludes halogenated alkanes) is 2. The number of carbonyl (C=O) groups is 4. The average Bonchev–Trinajstić information content (AvgIpc) is 3.29. The number of alkyl halides is 2. The van der Waals surface area contributed by atoms with E-state index in [1.165, 1.54) is 4.90 Å². The van der Waals surface area contributed by atoms with Crippen molar-refractivity contribution in [3.63, 3.8) is 0 Å². The van der Waals surface area contributed by atoms with Crippen LogP contribution in [-0.4, -0.2) is 41.7 Å². The Morgan fingerprint density at radius 3 is 1.79 bits per heavy atom. The van der Waals surface area contributed by atoms with E-state index in [1.807, 2.05) is 55.5 Å². The molecular formula is C34H32Cl2N2O5. The van der Waals surface area contributed by atoms with Gasteiger partial charge in [0.15, 0.2) is 0 Å². The van der Waals surface area contributed by atoms with Crippen LogP contribution in [0.2, 0.25) is 0 Å². The van der Waals surface area contributed by atoms with Crippen molar-refractivity contribution < 1.29 is 23.9 Å². The van der Waals surface area contributed by atoms with E-state index in [1.54, 1.807) is 24.3 Å². The van der Waals surface area contributed by atoms with Crippen LogP contribution < -0.4 is 5.32 Å². The molecule has 43 heavy (non-hydrogen) atoms. The third-order valence-electron chi connectivity index (χ3n) is 8.80. The smallest absolute Gasteiger partial charge is 0.338 e. The molecule has 0 spiro atoms. The zero-order valence-corrected chi connectivity index (χ0v) is 25.3. The van der Waals surface area contributed by atoms with Gasteiger partial charge >= 0.3 is 5.97 Å². The molecule has 1 fully saturated rings. The molecular weight excluding hydrogens is 587 g/mol. The first kappa shape index (κ1) is 29.4. The summed E-state index contributed by atoms with van der Waals surface area (Å²) < 4.78 is 5.12. The van der Waals surface area contributed by atoms with Gasteiger partial charge in [0.2, 0.25) is 17.7 Å². The fraction of sp³-hybridized carbons (Fsp3) is 0.353. The molecule has 1 saturated heterocycles. The second-order valence-corrected chi connectivity index (χ2v) is 12.6. The highest BCUT2D eigenvalue weighted by Crippen LogP contribution is 2.69. The van der Waals surface area contributed by atoms with Gasteiger partial charge in [0.25, 0.3) is 0 Å². The van der Waals surface area contributed by atoms with E-state index in [0.29, 0.717) is 37.1 Å². The first-order valence-corrected chi connectivity index (χ1v) is 15.5. The van der Waals surface area contributed by atoms with Gasteiger partial charge in [-0.2, -0.15) is 0 Å². The average molecular weight is 620 g/mol. The summed E-state index contributed by atoms with van der Waals surface area (Å²) in [7, 11) is 0. The Morgan fingerprint density at radius 1 is 0.791 bits per heavy atom. The maximum atomic E-state index is 13.9. The van der Waals surface area contributed by atoms with Crippen molar-refractivity contribution in [3.05, 3.63) is 101 Å². The van der Waals surface area contributed by atoms with E-state index in [0.717, 1.165) is 28.7 Å². The highest BCUT2D eigenvalue weighted by Gasteiger charge is 2.72. The highest BCUT2D eigenvalue weighted by atomic mass is 35.5. The van der Waals surface area contributed by atoms with Crippen LogP contribution in [0.5, 0.6) is 0 Å². The molecule has 9 heteroatoms. The fourth-order valence-corrected chi connectivity index (χ4v) is 7.97. The summed E-state index contributed by atoms with van der Waals surface area (Å²) in [5, 5.41) is 2.83. The molecule has 0 unspecified atom stereocenters. The Morgan fingerprint density at radius 2 is 1.30 bits per heavy atom. The number of nitrogens with zero attached hydrogens (tertiary/aromatic N) is 1. The number of anilines is 1. The Balaban J connectivity index is 1.07. The fourth-order valence-electron chi connectivity index (χ4n) is 6.87. The molecule has 3 aromatic carbocycles. The number of halogens is 2. The lowest BCUT2D eigenvalue weighted by Gasteiger charge is -2.54. The Labute approximate surface area is 260 Å². The van der Waals surface area contributed by atoms with E-state index in [-0.39, 0.29) is 30.7 Å². The summed E-state index contributed by atoms with van der Waals surface area (Å²) in [5.41, 5.74) is 4.16. The molecule has 2 atom stereocenters. The zero-order chi connectivity index (χ0) is 30.4. The van der Waals surface area contributed by atoms with E-state index in [2.05, 4.69) is 5.32 Å². The number of carbonyl (C=O) groups excluding carboxylic acids is 4. The zero-order valence-electron chi connectivity index (χ0n) is 23.8. The Hall–Kier alpha value is -3.68. The molecule has 2 bridgehead atoms.